The molecule has 1 heterocycles. The number of nitrogens with zero attached hydrogens (tertiary/aromatic N) is 2. The first-order valence-electron chi connectivity index (χ1n) is 8.72. The van der Waals surface area contributed by atoms with Crippen LogP contribution in [0.4, 0.5) is 10.1 Å². The van der Waals surface area contributed by atoms with Crippen LogP contribution in [0.15, 0.2) is 65.4 Å². The first kappa shape index (κ1) is 20.5. The van der Waals surface area contributed by atoms with Gasteiger partial charge < -0.3 is 15.4 Å². The van der Waals surface area contributed by atoms with Gasteiger partial charge in [-0.05, 0) is 71.4 Å². The Balaban J connectivity index is 1.47. The van der Waals surface area contributed by atoms with Gasteiger partial charge in [0.1, 0.15) is 11.6 Å². The van der Waals surface area contributed by atoms with Crippen LogP contribution >= 0.6 is 15.9 Å². The summed E-state index contributed by atoms with van der Waals surface area (Å²) in [5.41, 5.74) is 1.46. The molecule has 2 amide bonds. The van der Waals surface area contributed by atoms with Crippen molar-refractivity contribution in [3.8, 4) is 11.4 Å². The SMILES string of the molecule is CC(Oc1ccc(F)cc1Br)C(=O)NCC(=O)Nc1ccc(-n2cccn2)cc1. The molecule has 1 atom stereocenters. The Labute approximate surface area is 175 Å². The Morgan fingerprint density at radius 1 is 1.24 bits per heavy atom. The maximum atomic E-state index is 13.1. The number of hydrogen-bond acceptors (Lipinski definition) is 4. The smallest absolute Gasteiger partial charge is 0.261 e. The summed E-state index contributed by atoms with van der Waals surface area (Å²) in [6, 6.07) is 12.8. The van der Waals surface area contributed by atoms with Crippen LogP contribution < -0.4 is 15.4 Å². The molecule has 2 N–H and O–H groups in total. The van der Waals surface area contributed by atoms with Gasteiger partial charge in [0.25, 0.3) is 5.91 Å². The van der Waals surface area contributed by atoms with Crippen molar-refractivity contribution in [1.82, 2.24) is 15.1 Å². The molecule has 1 aromatic heterocycles. The third-order valence-corrected chi connectivity index (χ3v) is 4.53. The molecule has 3 aromatic rings. The van der Waals surface area contributed by atoms with E-state index in [1.165, 1.54) is 25.1 Å². The first-order valence-corrected chi connectivity index (χ1v) is 9.51. The first-order chi connectivity index (χ1) is 13.9. The maximum absolute atomic E-state index is 13.1. The molecular formula is C20H18BrFN4O3. The molecule has 0 bridgehead atoms. The summed E-state index contributed by atoms with van der Waals surface area (Å²) in [5.74, 6) is -0.933. The highest BCUT2D eigenvalue weighted by Crippen LogP contribution is 2.26. The number of carbonyl (C=O) groups excluding carboxylic acids is 2. The van der Waals surface area contributed by atoms with E-state index >= 15 is 0 Å². The lowest BCUT2D eigenvalue weighted by Crippen LogP contribution is -2.40. The number of ether oxygens (including phenoxy) is 1. The second-order valence-corrected chi connectivity index (χ2v) is 6.95. The third-order valence-electron chi connectivity index (χ3n) is 3.91. The minimum absolute atomic E-state index is 0.210. The zero-order valence-electron chi connectivity index (χ0n) is 15.4. The van der Waals surface area contributed by atoms with Crippen LogP contribution in [-0.2, 0) is 9.59 Å². The molecule has 0 saturated heterocycles. The van der Waals surface area contributed by atoms with Crippen molar-refractivity contribution in [1.29, 1.82) is 0 Å². The summed E-state index contributed by atoms with van der Waals surface area (Å²) in [7, 11) is 0. The molecule has 7 nitrogen and oxygen atoms in total. The van der Waals surface area contributed by atoms with E-state index in [0.29, 0.717) is 15.9 Å². The van der Waals surface area contributed by atoms with E-state index in [-0.39, 0.29) is 12.5 Å². The predicted octanol–water partition coefficient (Wildman–Crippen LogP) is 3.30. The molecule has 0 aliphatic carbocycles. The fraction of sp³-hybridized carbons (Fsp3) is 0.150. The molecular weight excluding hydrogens is 443 g/mol. The van der Waals surface area contributed by atoms with Crippen LogP contribution in [0, 0.1) is 5.82 Å². The highest BCUT2D eigenvalue weighted by Gasteiger charge is 2.17. The van der Waals surface area contributed by atoms with Crippen LogP contribution in [0.25, 0.3) is 5.69 Å². The van der Waals surface area contributed by atoms with Gasteiger partial charge in [0.15, 0.2) is 6.10 Å². The molecule has 0 radical (unpaired) electrons. The van der Waals surface area contributed by atoms with Gasteiger partial charge in [-0.25, -0.2) is 9.07 Å². The number of hydrogen-bond donors (Lipinski definition) is 2. The number of carbonyl (C=O) groups is 2. The van der Waals surface area contributed by atoms with Crippen LogP contribution in [-0.4, -0.2) is 34.2 Å². The molecule has 3 rings (SSSR count). The minimum atomic E-state index is -0.863. The summed E-state index contributed by atoms with van der Waals surface area (Å²) in [6.07, 6.45) is 2.63. The molecule has 2 aromatic carbocycles. The molecule has 0 aliphatic rings. The molecule has 1 unspecified atom stereocenters. The van der Waals surface area contributed by atoms with Crippen molar-refractivity contribution in [3.63, 3.8) is 0 Å². The topological polar surface area (TPSA) is 85.2 Å². The number of amides is 2. The number of nitrogens with one attached hydrogen (secondary N) is 2. The van der Waals surface area contributed by atoms with Crippen LogP contribution in [0.5, 0.6) is 5.75 Å². The van der Waals surface area contributed by atoms with Crippen molar-refractivity contribution in [3.05, 3.63) is 71.2 Å². The molecule has 29 heavy (non-hydrogen) atoms. The molecule has 0 spiro atoms. The summed E-state index contributed by atoms with van der Waals surface area (Å²) in [5, 5.41) is 9.34. The predicted molar refractivity (Wildman–Crippen MR) is 109 cm³/mol. The average Bonchev–Trinajstić information content (AvgIpc) is 3.23. The van der Waals surface area contributed by atoms with Crippen LogP contribution in [0.3, 0.4) is 0 Å². The lowest BCUT2D eigenvalue weighted by molar-refractivity contribution is -0.129. The Hall–Kier alpha value is -3.20. The molecule has 0 saturated carbocycles. The fourth-order valence-electron chi connectivity index (χ4n) is 2.45. The summed E-state index contributed by atoms with van der Waals surface area (Å²) in [6.45, 7) is 1.33. The van der Waals surface area contributed by atoms with E-state index in [1.54, 1.807) is 23.0 Å². The van der Waals surface area contributed by atoms with Crippen molar-refractivity contribution in [2.75, 3.05) is 11.9 Å². The van der Waals surface area contributed by atoms with Gasteiger partial charge in [0, 0.05) is 18.1 Å². The van der Waals surface area contributed by atoms with Gasteiger partial charge in [-0.15, -0.1) is 0 Å². The Bertz CT molecular complexity index is 993. The maximum Gasteiger partial charge on any atom is 0.261 e. The van der Waals surface area contributed by atoms with Crippen molar-refractivity contribution < 1.29 is 18.7 Å². The second kappa shape index (κ2) is 9.33. The number of anilines is 1. The molecule has 9 heteroatoms. The van der Waals surface area contributed by atoms with E-state index in [0.717, 1.165) is 5.69 Å². The van der Waals surface area contributed by atoms with E-state index in [9.17, 15) is 14.0 Å². The highest BCUT2D eigenvalue weighted by molar-refractivity contribution is 9.10. The van der Waals surface area contributed by atoms with Gasteiger partial charge in [-0.1, -0.05) is 0 Å². The average molecular weight is 461 g/mol. The zero-order valence-corrected chi connectivity index (χ0v) is 17.0. The van der Waals surface area contributed by atoms with Gasteiger partial charge >= 0.3 is 0 Å². The standard InChI is InChI=1S/C20H18BrFN4O3/c1-13(29-18-8-3-14(22)11-17(18)21)20(28)23-12-19(27)25-15-4-6-16(7-5-15)26-10-2-9-24-26/h2-11,13H,12H2,1H3,(H,23,28)(H,25,27). The Kier molecular flexibility index (Phi) is 6.61. The van der Waals surface area contributed by atoms with E-state index in [4.69, 9.17) is 4.74 Å². The summed E-state index contributed by atoms with van der Waals surface area (Å²) >= 11 is 3.18. The molecule has 150 valence electrons. The van der Waals surface area contributed by atoms with Gasteiger partial charge in [-0.2, -0.15) is 5.10 Å². The summed E-state index contributed by atoms with van der Waals surface area (Å²) < 4.78 is 20.7. The van der Waals surface area contributed by atoms with Crippen molar-refractivity contribution in [2.45, 2.75) is 13.0 Å². The highest BCUT2D eigenvalue weighted by atomic mass is 79.9. The number of rotatable bonds is 7. The van der Waals surface area contributed by atoms with Crippen LogP contribution in [0.1, 0.15) is 6.92 Å². The quantitative estimate of drug-likeness (QED) is 0.566. The van der Waals surface area contributed by atoms with Crippen molar-refractivity contribution >= 4 is 33.4 Å². The normalized spacial score (nSPS) is 11.6. The molecule has 0 fully saturated rings. The largest absolute Gasteiger partial charge is 0.480 e. The van der Waals surface area contributed by atoms with Crippen LogP contribution in [0.2, 0.25) is 0 Å². The van der Waals surface area contributed by atoms with E-state index in [1.807, 2.05) is 24.4 Å². The fourth-order valence-corrected chi connectivity index (χ4v) is 2.89. The zero-order chi connectivity index (χ0) is 20.8. The third kappa shape index (κ3) is 5.64. The Morgan fingerprint density at radius 2 is 2.00 bits per heavy atom. The monoisotopic (exact) mass is 460 g/mol. The minimum Gasteiger partial charge on any atom is -0.480 e. The number of aromatic nitrogens is 2. The van der Waals surface area contributed by atoms with Gasteiger partial charge in [0.05, 0.1) is 16.7 Å². The lowest BCUT2D eigenvalue weighted by Gasteiger charge is -2.15. The lowest BCUT2D eigenvalue weighted by atomic mass is 10.3. The van der Waals surface area contributed by atoms with E-state index in [2.05, 4.69) is 31.7 Å². The molecule has 0 aliphatic heterocycles. The Morgan fingerprint density at radius 3 is 2.66 bits per heavy atom. The number of halogens is 2. The van der Waals surface area contributed by atoms with E-state index < -0.39 is 17.8 Å². The second-order valence-electron chi connectivity index (χ2n) is 6.10. The van der Waals surface area contributed by atoms with Gasteiger partial charge in [-0.3, -0.25) is 9.59 Å². The number of benzene rings is 2. The van der Waals surface area contributed by atoms with Gasteiger partial charge in [0.2, 0.25) is 5.91 Å². The van der Waals surface area contributed by atoms with Crippen molar-refractivity contribution in [2.24, 2.45) is 0 Å². The summed E-state index contributed by atoms with van der Waals surface area (Å²) in [4.78, 5) is 24.2.